The number of hydrogen-bond donors (Lipinski definition) is 1. The highest BCUT2D eigenvalue weighted by Gasteiger charge is 2.34. The number of ether oxygens (including phenoxy) is 1. The molecule has 154 valence electrons. The van der Waals surface area contributed by atoms with E-state index in [1.165, 1.54) is 4.31 Å². The Labute approximate surface area is 165 Å². The van der Waals surface area contributed by atoms with Gasteiger partial charge in [0.1, 0.15) is 0 Å². The molecule has 1 aromatic rings. The van der Waals surface area contributed by atoms with E-state index in [1.807, 2.05) is 31.2 Å². The first-order valence-corrected chi connectivity index (χ1v) is 11.1. The summed E-state index contributed by atoms with van der Waals surface area (Å²) in [5.41, 5.74) is 2.18. The number of likely N-dealkylation sites (tertiary alicyclic amines) is 1. The van der Waals surface area contributed by atoms with Crippen LogP contribution in [-0.2, 0) is 30.9 Å². The Bertz CT molecular complexity index is 803. The van der Waals surface area contributed by atoms with E-state index < -0.39 is 15.9 Å². The van der Waals surface area contributed by atoms with Gasteiger partial charge in [-0.3, -0.25) is 9.59 Å². The summed E-state index contributed by atoms with van der Waals surface area (Å²) in [5, 5.41) is 2.68. The molecular weight excluding hydrogens is 382 g/mol. The number of carbonyl (C=O) groups excluding carboxylic acids is 2. The molecule has 9 heteroatoms. The third-order valence-corrected chi connectivity index (χ3v) is 6.97. The molecule has 0 bridgehead atoms. The number of rotatable bonds is 7. The summed E-state index contributed by atoms with van der Waals surface area (Å²) in [4.78, 5) is 26.3. The van der Waals surface area contributed by atoms with Crippen LogP contribution in [0.4, 0.5) is 0 Å². The molecule has 28 heavy (non-hydrogen) atoms. The predicted octanol–water partition coefficient (Wildman–Crippen LogP) is 0.122. The number of morpholine rings is 1. The third kappa shape index (κ3) is 5.30. The van der Waals surface area contributed by atoms with Crippen LogP contribution in [0, 0.1) is 12.8 Å². The maximum Gasteiger partial charge on any atom is 0.225 e. The molecule has 2 fully saturated rings. The van der Waals surface area contributed by atoms with Crippen LogP contribution in [-0.4, -0.2) is 74.6 Å². The maximum atomic E-state index is 12.4. The van der Waals surface area contributed by atoms with Gasteiger partial charge in [0.05, 0.1) is 24.9 Å². The van der Waals surface area contributed by atoms with E-state index >= 15 is 0 Å². The smallest absolute Gasteiger partial charge is 0.225 e. The lowest BCUT2D eigenvalue weighted by atomic mass is 10.1. The van der Waals surface area contributed by atoms with Crippen molar-refractivity contribution in [2.24, 2.45) is 5.92 Å². The first kappa shape index (κ1) is 20.8. The molecule has 0 aromatic heterocycles. The fourth-order valence-corrected chi connectivity index (χ4v) is 4.74. The van der Waals surface area contributed by atoms with Crippen molar-refractivity contribution < 1.29 is 22.7 Å². The van der Waals surface area contributed by atoms with Gasteiger partial charge in [-0.25, -0.2) is 8.42 Å². The topological polar surface area (TPSA) is 96.0 Å². The molecule has 2 saturated heterocycles. The summed E-state index contributed by atoms with van der Waals surface area (Å²) in [6.45, 7) is 4.37. The lowest BCUT2D eigenvalue weighted by molar-refractivity contribution is -0.129. The Balaban J connectivity index is 1.46. The van der Waals surface area contributed by atoms with Crippen LogP contribution >= 0.6 is 0 Å². The Hall–Kier alpha value is -1.97. The lowest BCUT2D eigenvalue weighted by Gasteiger charge is -2.26. The molecule has 1 N–H and O–H groups in total. The van der Waals surface area contributed by atoms with Gasteiger partial charge in [0.15, 0.2) is 0 Å². The number of carbonyl (C=O) groups is 2. The summed E-state index contributed by atoms with van der Waals surface area (Å²) in [6, 6.07) is 7.95. The number of benzene rings is 1. The number of sulfonamides is 1. The number of hydrogen-bond acceptors (Lipinski definition) is 5. The molecule has 3 rings (SSSR count). The minimum Gasteiger partial charge on any atom is -0.379 e. The lowest BCUT2D eigenvalue weighted by Crippen LogP contribution is -2.44. The summed E-state index contributed by atoms with van der Waals surface area (Å²) in [7, 11) is -3.41. The van der Waals surface area contributed by atoms with Crippen LogP contribution in [0.15, 0.2) is 24.3 Å². The second kappa shape index (κ2) is 9.02. The van der Waals surface area contributed by atoms with Gasteiger partial charge in [-0.1, -0.05) is 29.8 Å². The predicted molar refractivity (Wildman–Crippen MR) is 104 cm³/mol. The Morgan fingerprint density at radius 3 is 2.57 bits per heavy atom. The van der Waals surface area contributed by atoms with Gasteiger partial charge in [-0.05, 0) is 12.5 Å². The van der Waals surface area contributed by atoms with Gasteiger partial charge >= 0.3 is 0 Å². The minimum atomic E-state index is -3.41. The molecule has 2 amide bonds. The fourth-order valence-electron chi connectivity index (χ4n) is 3.42. The average Bonchev–Trinajstić information content (AvgIpc) is 3.05. The summed E-state index contributed by atoms with van der Waals surface area (Å²) >= 11 is 0. The van der Waals surface area contributed by atoms with Crippen molar-refractivity contribution >= 4 is 21.8 Å². The van der Waals surface area contributed by atoms with Crippen LogP contribution in [0.5, 0.6) is 0 Å². The summed E-state index contributed by atoms with van der Waals surface area (Å²) in [6.07, 6.45) is 0.161. The van der Waals surface area contributed by atoms with Crippen molar-refractivity contribution in [1.82, 2.24) is 14.5 Å². The van der Waals surface area contributed by atoms with Crippen LogP contribution in [0.3, 0.4) is 0 Å². The molecule has 2 aliphatic heterocycles. The molecule has 0 aliphatic carbocycles. The van der Waals surface area contributed by atoms with Gasteiger partial charge < -0.3 is 15.0 Å². The van der Waals surface area contributed by atoms with E-state index in [4.69, 9.17) is 4.74 Å². The van der Waals surface area contributed by atoms with E-state index in [0.717, 1.165) is 11.1 Å². The van der Waals surface area contributed by atoms with Crippen molar-refractivity contribution in [2.75, 3.05) is 45.1 Å². The molecule has 0 spiro atoms. The second-order valence-corrected chi connectivity index (χ2v) is 9.37. The normalized spacial score (nSPS) is 21.1. The van der Waals surface area contributed by atoms with Crippen molar-refractivity contribution in [2.45, 2.75) is 19.9 Å². The Kier molecular flexibility index (Phi) is 6.69. The van der Waals surface area contributed by atoms with Gasteiger partial charge in [-0.15, -0.1) is 0 Å². The number of nitrogens with one attached hydrogen (secondary N) is 1. The monoisotopic (exact) mass is 409 g/mol. The van der Waals surface area contributed by atoms with Crippen LogP contribution in [0.25, 0.3) is 0 Å². The largest absolute Gasteiger partial charge is 0.379 e. The molecule has 0 radical (unpaired) electrons. The molecule has 8 nitrogen and oxygen atoms in total. The zero-order valence-electron chi connectivity index (χ0n) is 16.1. The van der Waals surface area contributed by atoms with E-state index in [-0.39, 0.29) is 30.5 Å². The molecule has 0 saturated carbocycles. The van der Waals surface area contributed by atoms with Gasteiger partial charge in [0.25, 0.3) is 0 Å². The maximum absolute atomic E-state index is 12.4. The van der Waals surface area contributed by atoms with Crippen LogP contribution in [0.1, 0.15) is 17.5 Å². The Morgan fingerprint density at radius 1 is 1.21 bits per heavy atom. The first-order valence-electron chi connectivity index (χ1n) is 9.52. The van der Waals surface area contributed by atoms with E-state index in [0.29, 0.717) is 39.4 Å². The van der Waals surface area contributed by atoms with E-state index in [9.17, 15) is 18.0 Å². The first-order chi connectivity index (χ1) is 13.3. The second-order valence-electron chi connectivity index (χ2n) is 7.28. The van der Waals surface area contributed by atoms with Crippen molar-refractivity contribution in [3.05, 3.63) is 35.4 Å². The van der Waals surface area contributed by atoms with Gasteiger partial charge in [0, 0.05) is 39.1 Å². The van der Waals surface area contributed by atoms with Crippen LogP contribution < -0.4 is 5.32 Å². The standard InChI is InChI=1S/C19H27N3O5S/c1-15-2-4-16(5-3-15)13-21-14-17(12-18(21)23)19(24)20-6-11-28(25,26)22-7-9-27-10-8-22/h2-5,17H,6-14H2,1H3,(H,20,24). The summed E-state index contributed by atoms with van der Waals surface area (Å²) < 4.78 is 31.1. The van der Waals surface area contributed by atoms with Gasteiger partial charge in [0.2, 0.25) is 21.8 Å². The highest BCUT2D eigenvalue weighted by molar-refractivity contribution is 7.89. The Morgan fingerprint density at radius 2 is 1.89 bits per heavy atom. The SMILES string of the molecule is Cc1ccc(CN2CC(C(=O)NCCS(=O)(=O)N3CCOCC3)CC2=O)cc1. The van der Waals surface area contributed by atoms with Gasteiger partial charge in [-0.2, -0.15) is 4.31 Å². The molecule has 1 unspecified atom stereocenters. The minimum absolute atomic E-state index is 0.0428. The van der Waals surface area contributed by atoms with Crippen LogP contribution in [0.2, 0.25) is 0 Å². The van der Waals surface area contributed by atoms with Crippen molar-refractivity contribution in [3.8, 4) is 0 Å². The highest BCUT2D eigenvalue weighted by atomic mass is 32.2. The fraction of sp³-hybridized carbons (Fsp3) is 0.579. The molecule has 2 heterocycles. The number of amides is 2. The average molecular weight is 410 g/mol. The van der Waals surface area contributed by atoms with E-state index in [1.54, 1.807) is 4.90 Å². The number of aryl methyl sites for hydroxylation is 1. The molecule has 2 aliphatic rings. The van der Waals surface area contributed by atoms with Crippen molar-refractivity contribution in [3.63, 3.8) is 0 Å². The third-order valence-electron chi connectivity index (χ3n) is 5.10. The zero-order valence-corrected chi connectivity index (χ0v) is 16.9. The van der Waals surface area contributed by atoms with Crippen molar-refractivity contribution in [1.29, 1.82) is 0 Å². The number of nitrogens with zero attached hydrogens (tertiary/aromatic N) is 2. The highest BCUT2D eigenvalue weighted by Crippen LogP contribution is 2.20. The molecular formula is C19H27N3O5S. The quantitative estimate of drug-likeness (QED) is 0.690. The van der Waals surface area contributed by atoms with E-state index in [2.05, 4.69) is 5.32 Å². The zero-order chi connectivity index (χ0) is 20.1. The molecule has 1 atom stereocenters. The molecule has 1 aromatic carbocycles. The summed E-state index contributed by atoms with van der Waals surface area (Å²) in [5.74, 6) is -0.908.